The van der Waals surface area contributed by atoms with Crippen molar-refractivity contribution in [3.05, 3.63) is 46.2 Å². The molecule has 0 aliphatic carbocycles. The number of fused-ring (bicyclic) bond motifs is 1. The Balaban J connectivity index is 1.88. The van der Waals surface area contributed by atoms with Crippen molar-refractivity contribution >= 4 is 28.5 Å². The van der Waals surface area contributed by atoms with E-state index >= 15 is 0 Å². The number of aromatic carboxylic acids is 1. The molecule has 11 nitrogen and oxygen atoms in total. The topological polar surface area (TPSA) is 145 Å². The summed E-state index contributed by atoms with van der Waals surface area (Å²) in [5.74, 6) is -2.50. The largest absolute Gasteiger partial charge is 0.476 e. The van der Waals surface area contributed by atoms with E-state index in [1.165, 1.54) is 29.1 Å². The standard InChI is InChI=1S/C17H15FN6O5/c18-9-1-2-11-12(7-9)23(8-19-11)17-21-13(16(25)26)14(24(27)28)15(22-17)20-10-3-5-29-6-4-10/h1-2,7-8,10H,3-6H2,(H,25,26)(H,20,21,22). The molecule has 0 bridgehead atoms. The average Bonchev–Trinajstić information content (AvgIpc) is 3.11. The summed E-state index contributed by atoms with van der Waals surface area (Å²) in [6.45, 7) is 0.946. The maximum absolute atomic E-state index is 13.7. The molecule has 0 saturated carbocycles. The van der Waals surface area contributed by atoms with Crippen LogP contribution in [0.25, 0.3) is 17.0 Å². The molecule has 0 spiro atoms. The van der Waals surface area contributed by atoms with Crippen LogP contribution in [0.2, 0.25) is 0 Å². The summed E-state index contributed by atoms with van der Waals surface area (Å²) in [5.41, 5.74) is -0.771. The number of nitrogens with one attached hydrogen (secondary N) is 1. The summed E-state index contributed by atoms with van der Waals surface area (Å²) in [6, 6.07) is 3.70. The highest BCUT2D eigenvalue weighted by Crippen LogP contribution is 2.29. The highest BCUT2D eigenvalue weighted by Gasteiger charge is 2.31. The van der Waals surface area contributed by atoms with E-state index < -0.39 is 28.1 Å². The predicted molar refractivity (Wildman–Crippen MR) is 97.7 cm³/mol. The molecule has 150 valence electrons. The molecule has 4 rings (SSSR count). The molecule has 0 radical (unpaired) electrons. The van der Waals surface area contributed by atoms with Crippen molar-refractivity contribution in [2.24, 2.45) is 0 Å². The molecule has 12 heteroatoms. The van der Waals surface area contributed by atoms with Crippen molar-refractivity contribution in [1.82, 2.24) is 19.5 Å². The molecule has 1 aliphatic heterocycles. The quantitative estimate of drug-likeness (QED) is 0.484. The second kappa shape index (κ2) is 7.39. The number of ether oxygens (including phenoxy) is 1. The lowest BCUT2D eigenvalue weighted by Crippen LogP contribution is -2.29. The number of halogens is 1. The molecule has 3 aromatic rings. The number of rotatable bonds is 5. The average molecular weight is 402 g/mol. The Morgan fingerprint density at radius 3 is 2.79 bits per heavy atom. The second-order valence-corrected chi connectivity index (χ2v) is 6.41. The third kappa shape index (κ3) is 3.57. The summed E-state index contributed by atoms with van der Waals surface area (Å²) in [6.07, 6.45) is 2.46. The number of benzene rings is 1. The SMILES string of the molecule is O=C(O)c1nc(-n2cnc3ccc(F)cc32)nc(NC2CCOCC2)c1[N+](=O)[O-]. The predicted octanol–water partition coefficient (Wildman–Crippen LogP) is 2.15. The number of nitro groups is 1. The fourth-order valence-corrected chi connectivity index (χ4v) is 3.15. The zero-order valence-electron chi connectivity index (χ0n) is 14.9. The molecule has 29 heavy (non-hydrogen) atoms. The van der Waals surface area contributed by atoms with Crippen LogP contribution in [-0.4, -0.2) is 54.8 Å². The van der Waals surface area contributed by atoms with Gasteiger partial charge >= 0.3 is 11.7 Å². The Bertz CT molecular complexity index is 1110. The van der Waals surface area contributed by atoms with Crippen LogP contribution in [0, 0.1) is 15.9 Å². The molecule has 1 aromatic carbocycles. The monoisotopic (exact) mass is 402 g/mol. The number of carbonyl (C=O) groups is 1. The van der Waals surface area contributed by atoms with Gasteiger partial charge < -0.3 is 15.2 Å². The van der Waals surface area contributed by atoms with Crippen molar-refractivity contribution < 1.29 is 24.0 Å². The molecule has 1 saturated heterocycles. The number of carboxylic acids is 1. The maximum Gasteiger partial charge on any atom is 0.362 e. The number of nitrogens with zero attached hydrogens (tertiary/aromatic N) is 5. The lowest BCUT2D eigenvalue weighted by molar-refractivity contribution is -0.384. The minimum absolute atomic E-state index is 0.171. The van der Waals surface area contributed by atoms with Crippen LogP contribution in [0.4, 0.5) is 15.9 Å². The van der Waals surface area contributed by atoms with E-state index in [1.54, 1.807) is 0 Å². The summed E-state index contributed by atoms with van der Waals surface area (Å²) in [4.78, 5) is 34.6. The van der Waals surface area contributed by atoms with Gasteiger partial charge in [-0.2, -0.15) is 9.97 Å². The number of aromatic nitrogens is 4. The normalized spacial score (nSPS) is 14.8. The number of carboxylic acid groups (broad SMARTS) is 1. The number of anilines is 1. The Hall–Kier alpha value is -3.67. The van der Waals surface area contributed by atoms with Crippen LogP contribution in [0.5, 0.6) is 0 Å². The fourth-order valence-electron chi connectivity index (χ4n) is 3.15. The van der Waals surface area contributed by atoms with E-state index in [9.17, 15) is 24.4 Å². The van der Waals surface area contributed by atoms with Gasteiger partial charge in [0.1, 0.15) is 12.1 Å². The summed E-state index contributed by atoms with van der Waals surface area (Å²) in [7, 11) is 0. The third-order valence-corrected chi connectivity index (χ3v) is 4.54. The first kappa shape index (κ1) is 18.7. The maximum atomic E-state index is 13.7. The summed E-state index contributed by atoms with van der Waals surface area (Å²) >= 11 is 0. The lowest BCUT2D eigenvalue weighted by atomic mass is 10.1. The number of imidazole rings is 1. The van der Waals surface area contributed by atoms with Gasteiger partial charge in [0, 0.05) is 25.3 Å². The highest BCUT2D eigenvalue weighted by atomic mass is 19.1. The molecule has 1 fully saturated rings. The van der Waals surface area contributed by atoms with Crippen molar-refractivity contribution in [2.75, 3.05) is 18.5 Å². The van der Waals surface area contributed by atoms with E-state index in [-0.39, 0.29) is 17.8 Å². The van der Waals surface area contributed by atoms with Gasteiger partial charge in [-0.25, -0.2) is 14.2 Å². The van der Waals surface area contributed by atoms with E-state index in [4.69, 9.17) is 4.74 Å². The Kier molecular flexibility index (Phi) is 4.76. The van der Waals surface area contributed by atoms with E-state index in [0.717, 1.165) is 0 Å². The van der Waals surface area contributed by atoms with Gasteiger partial charge in [-0.1, -0.05) is 0 Å². The molecule has 0 amide bonds. The Labute approximate surface area is 162 Å². The van der Waals surface area contributed by atoms with Crippen LogP contribution in [0.15, 0.2) is 24.5 Å². The molecule has 0 atom stereocenters. The van der Waals surface area contributed by atoms with Crippen LogP contribution in [0.3, 0.4) is 0 Å². The van der Waals surface area contributed by atoms with E-state index in [2.05, 4.69) is 20.3 Å². The smallest absolute Gasteiger partial charge is 0.362 e. The molecular weight excluding hydrogens is 387 g/mol. The molecule has 3 heterocycles. The number of hydrogen-bond acceptors (Lipinski definition) is 8. The zero-order valence-corrected chi connectivity index (χ0v) is 14.9. The Morgan fingerprint density at radius 1 is 1.34 bits per heavy atom. The molecule has 2 aromatic heterocycles. The third-order valence-electron chi connectivity index (χ3n) is 4.54. The fraction of sp³-hybridized carbons (Fsp3) is 0.294. The minimum Gasteiger partial charge on any atom is -0.476 e. The molecule has 2 N–H and O–H groups in total. The van der Waals surface area contributed by atoms with Crippen LogP contribution < -0.4 is 5.32 Å². The second-order valence-electron chi connectivity index (χ2n) is 6.41. The van der Waals surface area contributed by atoms with Crippen molar-refractivity contribution in [3.8, 4) is 5.95 Å². The van der Waals surface area contributed by atoms with Crippen molar-refractivity contribution in [2.45, 2.75) is 18.9 Å². The van der Waals surface area contributed by atoms with Gasteiger partial charge in [-0.15, -0.1) is 0 Å². The van der Waals surface area contributed by atoms with Crippen LogP contribution in [0.1, 0.15) is 23.3 Å². The summed E-state index contributed by atoms with van der Waals surface area (Å²) < 4.78 is 20.2. The first-order valence-electron chi connectivity index (χ1n) is 8.71. The van der Waals surface area contributed by atoms with E-state index in [0.29, 0.717) is 37.1 Å². The summed E-state index contributed by atoms with van der Waals surface area (Å²) in [5, 5.41) is 24.0. The van der Waals surface area contributed by atoms with Crippen LogP contribution in [-0.2, 0) is 4.74 Å². The van der Waals surface area contributed by atoms with Gasteiger partial charge in [0.2, 0.25) is 17.5 Å². The Morgan fingerprint density at radius 2 is 2.10 bits per heavy atom. The first-order valence-corrected chi connectivity index (χ1v) is 8.71. The molecular formula is C17H15FN6O5. The molecule has 0 unspecified atom stereocenters. The molecule has 1 aliphatic rings. The lowest BCUT2D eigenvalue weighted by Gasteiger charge is -2.23. The van der Waals surface area contributed by atoms with Gasteiger partial charge in [0.25, 0.3) is 0 Å². The van der Waals surface area contributed by atoms with Crippen molar-refractivity contribution in [1.29, 1.82) is 0 Å². The van der Waals surface area contributed by atoms with Gasteiger partial charge in [-0.05, 0) is 25.0 Å². The minimum atomic E-state index is -1.58. The zero-order chi connectivity index (χ0) is 20.5. The van der Waals surface area contributed by atoms with Gasteiger partial charge in [-0.3, -0.25) is 14.7 Å². The first-order chi connectivity index (χ1) is 13.9. The number of hydrogen-bond donors (Lipinski definition) is 2. The van der Waals surface area contributed by atoms with Crippen molar-refractivity contribution in [3.63, 3.8) is 0 Å². The van der Waals surface area contributed by atoms with Crippen LogP contribution >= 0.6 is 0 Å². The van der Waals surface area contributed by atoms with Gasteiger partial charge in [0.15, 0.2) is 0 Å². The van der Waals surface area contributed by atoms with Gasteiger partial charge in [0.05, 0.1) is 16.0 Å². The highest BCUT2D eigenvalue weighted by molar-refractivity contribution is 5.93. The van der Waals surface area contributed by atoms with E-state index in [1.807, 2.05) is 0 Å².